The van der Waals surface area contributed by atoms with Gasteiger partial charge >= 0.3 is 0 Å². The van der Waals surface area contributed by atoms with E-state index in [1.54, 1.807) is 11.8 Å². The number of aryl methyl sites for hydroxylation is 2. The fourth-order valence-corrected chi connectivity index (χ4v) is 1.70. The fourth-order valence-electron chi connectivity index (χ4n) is 0.957. The zero-order chi connectivity index (χ0) is 6.85. The van der Waals surface area contributed by atoms with Crippen molar-refractivity contribution in [3.8, 4) is 0 Å². The van der Waals surface area contributed by atoms with Crippen LogP contribution in [0.1, 0.15) is 11.3 Å². The lowest BCUT2D eigenvalue weighted by Crippen LogP contribution is -1.72. The maximum Gasteiger partial charge on any atom is 0.0303 e. The van der Waals surface area contributed by atoms with E-state index in [2.05, 4.69) is 25.1 Å². The third kappa shape index (κ3) is 1.13. The second kappa shape index (κ2) is 2.48. The van der Waals surface area contributed by atoms with Gasteiger partial charge in [-0.25, -0.2) is 0 Å². The molecule has 1 nitrogen and oxygen atoms in total. The molecule has 0 saturated heterocycles. The lowest BCUT2D eigenvalue weighted by molar-refractivity contribution is 1.20. The van der Waals surface area contributed by atoms with Crippen LogP contribution in [0.4, 0.5) is 0 Å². The molecule has 1 heterocycles. The van der Waals surface area contributed by atoms with Gasteiger partial charge in [-0.1, -0.05) is 0 Å². The minimum atomic E-state index is 1.28. The number of hydrogen-bond acceptors (Lipinski definition) is 1. The quantitative estimate of drug-likeness (QED) is 0.593. The Morgan fingerprint density at radius 3 is 2.33 bits per heavy atom. The lowest BCUT2D eigenvalue weighted by atomic mass is 10.3. The van der Waals surface area contributed by atoms with Crippen LogP contribution in [0.2, 0.25) is 0 Å². The third-order valence-electron chi connectivity index (χ3n) is 1.41. The van der Waals surface area contributed by atoms with Crippen molar-refractivity contribution in [3.63, 3.8) is 0 Å². The van der Waals surface area contributed by atoms with Crippen LogP contribution < -0.4 is 0 Å². The predicted molar refractivity (Wildman–Crippen MR) is 42.0 cm³/mol. The van der Waals surface area contributed by atoms with Gasteiger partial charge in [0.2, 0.25) is 0 Å². The van der Waals surface area contributed by atoms with Crippen LogP contribution in [0.3, 0.4) is 0 Å². The van der Waals surface area contributed by atoms with Crippen LogP contribution in [-0.4, -0.2) is 11.2 Å². The Bertz CT molecular complexity index is 183. The van der Waals surface area contributed by atoms with E-state index in [-0.39, 0.29) is 0 Å². The van der Waals surface area contributed by atoms with Gasteiger partial charge in [0.25, 0.3) is 0 Å². The van der Waals surface area contributed by atoms with Crippen LogP contribution in [0.15, 0.2) is 11.1 Å². The summed E-state index contributed by atoms with van der Waals surface area (Å²) in [6.07, 6.45) is 4.14. The van der Waals surface area contributed by atoms with Gasteiger partial charge in [-0.05, 0) is 25.7 Å². The Morgan fingerprint density at radius 2 is 2.11 bits per heavy atom. The van der Waals surface area contributed by atoms with Gasteiger partial charge in [0, 0.05) is 16.8 Å². The van der Waals surface area contributed by atoms with E-state index in [0.717, 1.165) is 0 Å². The monoisotopic (exact) mass is 141 g/mol. The minimum absolute atomic E-state index is 1.28. The highest BCUT2D eigenvalue weighted by molar-refractivity contribution is 7.98. The van der Waals surface area contributed by atoms with Crippen molar-refractivity contribution in [1.82, 2.24) is 4.98 Å². The Labute approximate surface area is 59.9 Å². The molecule has 0 bridgehead atoms. The van der Waals surface area contributed by atoms with Gasteiger partial charge < -0.3 is 4.98 Å². The number of aromatic amines is 1. The molecular formula is C7H11NS. The molecule has 0 unspecified atom stereocenters. The van der Waals surface area contributed by atoms with Gasteiger partial charge in [-0.3, -0.25) is 0 Å². The van der Waals surface area contributed by atoms with Gasteiger partial charge in [0.15, 0.2) is 0 Å². The zero-order valence-corrected chi connectivity index (χ0v) is 6.80. The number of rotatable bonds is 1. The molecule has 1 rings (SSSR count). The largest absolute Gasteiger partial charge is 0.364 e. The van der Waals surface area contributed by atoms with Gasteiger partial charge in [0.05, 0.1) is 0 Å². The Morgan fingerprint density at radius 1 is 1.44 bits per heavy atom. The number of nitrogens with one attached hydrogen (secondary N) is 1. The third-order valence-corrected chi connectivity index (χ3v) is 2.44. The Balaban J connectivity index is 3.07. The Hall–Kier alpha value is -0.370. The summed E-state index contributed by atoms with van der Waals surface area (Å²) in [6, 6.07) is 0. The van der Waals surface area contributed by atoms with Crippen molar-refractivity contribution in [2.45, 2.75) is 18.7 Å². The number of hydrogen-bond donors (Lipinski definition) is 1. The van der Waals surface area contributed by atoms with Gasteiger partial charge in [-0.15, -0.1) is 11.8 Å². The molecule has 0 spiro atoms. The maximum atomic E-state index is 3.17. The van der Waals surface area contributed by atoms with E-state index >= 15 is 0 Å². The van der Waals surface area contributed by atoms with Crippen LogP contribution in [0.5, 0.6) is 0 Å². The van der Waals surface area contributed by atoms with Crippen LogP contribution in [0, 0.1) is 13.8 Å². The van der Waals surface area contributed by atoms with Crippen molar-refractivity contribution in [1.29, 1.82) is 0 Å². The first kappa shape index (κ1) is 6.75. The molecule has 0 aliphatic rings. The second-order valence-corrected chi connectivity index (χ2v) is 2.95. The van der Waals surface area contributed by atoms with Crippen molar-refractivity contribution >= 4 is 11.8 Å². The maximum absolute atomic E-state index is 3.17. The number of aromatic nitrogens is 1. The second-order valence-electron chi connectivity index (χ2n) is 2.13. The summed E-state index contributed by atoms with van der Waals surface area (Å²) in [4.78, 5) is 4.55. The first-order valence-electron chi connectivity index (χ1n) is 2.94. The summed E-state index contributed by atoms with van der Waals surface area (Å²) in [7, 11) is 0. The van der Waals surface area contributed by atoms with E-state index in [9.17, 15) is 0 Å². The molecule has 50 valence electrons. The van der Waals surface area contributed by atoms with Crippen molar-refractivity contribution in [2.75, 3.05) is 6.26 Å². The molecule has 1 aromatic heterocycles. The summed E-state index contributed by atoms with van der Waals surface area (Å²) in [5.41, 5.74) is 2.62. The topological polar surface area (TPSA) is 15.8 Å². The molecule has 0 amide bonds. The van der Waals surface area contributed by atoms with Crippen LogP contribution in [0.25, 0.3) is 0 Å². The summed E-state index contributed by atoms with van der Waals surface area (Å²) in [6.45, 7) is 4.22. The van der Waals surface area contributed by atoms with Crippen molar-refractivity contribution in [2.24, 2.45) is 0 Å². The average Bonchev–Trinajstić information content (AvgIpc) is 2.12. The normalized spacial score (nSPS) is 10.1. The minimum Gasteiger partial charge on any atom is -0.364 e. The van der Waals surface area contributed by atoms with E-state index in [1.807, 2.05) is 6.20 Å². The first-order chi connectivity index (χ1) is 4.25. The average molecular weight is 141 g/mol. The van der Waals surface area contributed by atoms with Crippen molar-refractivity contribution in [3.05, 3.63) is 17.5 Å². The number of thioether (sulfide) groups is 1. The van der Waals surface area contributed by atoms with Crippen LogP contribution >= 0.6 is 11.8 Å². The van der Waals surface area contributed by atoms with E-state index in [1.165, 1.54) is 16.2 Å². The zero-order valence-electron chi connectivity index (χ0n) is 5.99. The summed E-state index contributed by atoms with van der Waals surface area (Å²) < 4.78 is 0. The predicted octanol–water partition coefficient (Wildman–Crippen LogP) is 2.35. The molecule has 0 fully saturated rings. The standard InChI is InChI=1S/C7H11NS/c1-5-4-8-6(2)7(5)9-3/h4,8H,1-3H3. The van der Waals surface area contributed by atoms with E-state index in [0.29, 0.717) is 0 Å². The summed E-state index contributed by atoms with van der Waals surface area (Å²) in [5, 5.41) is 0. The molecule has 1 aromatic rings. The summed E-state index contributed by atoms with van der Waals surface area (Å²) >= 11 is 1.80. The van der Waals surface area contributed by atoms with E-state index < -0.39 is 0 Å². The molecule has 0 radical (unpaired) electrons. The highest BCUT2D eigenvalue weighted by atomic mass is 32.2. The van der Waals surface area contributed by atoms with Crippen LogP contribution in [-0.2, 0) is 0 Å². The molecule has 0 aliphatic heterocycles. The molecule has 0 saturated carbocycles. The first-order valence-corrected chi connectivity index (χ1v) is 4.16. The highest BCUT2D eigenvalue weighted by Crippen LogP contribution is 2.22. The van der Waals surface area contributed by atoms with E-state index in [4.69, 9.17) is 0 Å². The fraction of sp³-hybridized carbons (Fsp3) is 0.429. The molecule has 0 atom stereocenters. The molecule has 0 aromatic carbocycles. The smallest absolute Gasteiger partial charge is 0.0303 e. The molecule has 0 aliphatic carbocycles. The molecule has 9 heavy (non-hydrogen) atoms. The lowest BCUT2D eigenvalue weighted by Gasteiger charge is -1.93. The molecule has 1 N–H and O–H groups in total. The van der Waals surface area contributed by atoms with Crippen molar-refractivity contribution < 1.29 is 0 Å². The summed E-state index contributed by atoms with van der Waals surface area (Å²) in [5.74, 6) is 0. The molecule has 2 heteroatoms. The number of H-pyrrole nitrogens is 1. The Kier molecular flexibility index (Phi) is 1.86. The molecular weight excluding hydrogens is 130 g/mol. The highest BCUT2D eigenvalue weighted by Gasteiger charge is 1.99. The van der Waals surface area contributed by atoms with Gasteiger partial charge in [0.1, 0.15) is 0 Å². The SMILES string of the molecule is CSc1c(C)c[nH]c1C. The van der Waals surface area contributed by atoms with Gasteiger partial charge in [-0.2, -0.15) is 0 Å².